The zero-order valence-corrected chi connectivity index (χ0v) is 12.7. The van der Waals surface area contributed by atoms with Crippen LogP contribution in [0.15, 0.2) is 17.5 Å². The van der Waals surface area contributed by atoms with Crippen molar-refractivity contribution < 1.29 is 14.7 Å². The van der Waals surface area contributed by atoms with E-state index in [9.17, 15) is 14.7 Å². The zero-order chi connectivity index (χ0) is 14.7. The number of carbonyl (C=O) groups is 2. The molecule has 4 nitrogen and oxygen atoms in total. The molecule has 5 heteroatoms. The summed E-state index contributed by atoms with van der Waals surface area (Å²) in [4.78, 5) is 26.7. The summed E-state index contributed by atoms with van der Waals surface area (Å²) >= 11 is 1.69. The number of carboxylic acid groups (broad SMARTS) is 1. The van der Waals surface area contributed by atoms with Gasteiger partial charge in [-0.2, -0.15) is 0 Å². The van der Waals surface area contributed by atoms with Gasteiger partial charge >= 0.3 is 5.97 Å². The molecule has 1 fully saturated rings. The lowest BCUT2D eigenvalue weighted by Crippen LogP contribution is -2.42. The Hall–Kier alpha value is -1.36. The van der Waals surface area contributed by atoms with Gasteiger partial charge in [-0.25, -0.2) is 0 Å². The molecule has 2 rings (SSSR count). The molecule has 3 atom stereocenters. The molecule has 1 saturated carbocycles. The second-order valence-electron chi connectivity index (χ2n) is 5.56. The molecule has 110 valence electrons. The van der Waals surface area contributed by atoms with Crippen molar-refractivity contribution in [2.24, 2.45) is 11.8 Å². The molecule has 20 heavy (non-hydrogen) atoms. The van der Waals surface area contributed by atoms with Gasteiger partial charge in [0.25, 0.3) is 0 Å². The average molecular weight is 295 g/mol. The Morgan fingerprint density at radius 2 is 2.15 bits per heavy atom. The number of carbonyl (C=O) groups excluding carboxylic acids is 1. The quantitative estimate of drug-likeness (QED) is 0.908. The molecule has 1 heterocycles. The van der Waals surface area contributed by atoms with Gasteiger partial charge in [-0.3, -0.25) is 9.59 Å². The van der Waals surface area contributed by atoms with Crippen LogP contribution in [0.3, 0.4) is 0 Å². The molecular weight excluding hydrogens is 274 g/mol. The maximum atomic E-state index is 12.5. The lowest BCUT2D eigenvalue weighted by molar-refractivity contribution is -0.149. The lowest BCUT2D eigenvalue weighted by Gasteiger charge is -2.28. The molecule has 0 aromatic carbocycles. The van der Waals surface area contributed by atoms with Gasteiger partial charge in [0.15, 0.2) is 0 Å². The molecular formula is C15H21NO3S. The van der Waals surface area contributed by atoms with Crippen LogP contribution in [0.1, 0.15) is 31.1 Å². The van der Waals surface area contributed by atoms with Crippen molar-refractivity contribution in [3.05, 3.63) is 22.4 Å². The number of thiophene rings is 1. The van der Waals surface area contributed by atoms with E-state index >= 15 is 0 Å². The third-order valence-corrected chi connectivity index (χ3v) is 5.13. The predicted molar refractivity (Wildman–Crippen MR) is 78.7 cm³/mol. The van der Waals surface area contributed by atoms with Crippen LogP contribution in [0, 0.1) is 11.8 Å². The van der Waals surface area contributed by atoms with Gasteiger partial charge in [0.1, 0.15) is 0 Å². The molecule has 1 aliphatic carbocycles. The number of rotatable bonds is 5. The van der Waals surface area contributed by atoms with E-state index in [4.69, 9.17) is 0 Å². The van der Waals surface area contributed by atoms with Crippen LogP contribution in [0.5, 0.6) is 0 Å². The number of likely N-dealkylation sites (N-methyl/N-ethyl adjacent to an activating group) is 1. The smallest absolute Gasteiger partial charge is 0.307 e. The summed E-state index contributed by atoms with van der Waals surface area (Å²) in [6.45, 7) is 2.02. The number of nitrogens with zero attached hydrogens (tertiary/aromatic N) is 1. The fourth-order valence-electron chi connectivity index (χ4n) is 2.89. The summed E-state index contributed by atoms with van der Waals surface area (Å²) in [6, 6.07) is 4.16. The standard InChI is InChI=1S/C15H21NO3S/c1-10(9-11-5-4-8-20-11)16(2)14(17)12-6-3-7-13(12)15(18)19/h4-5,8,10,12-13H,3,6-7,9H2,1-2H3,(H,18,19). The Bertz CT molecular complexity index is 471. The van der Waals surface area contributed by atoms with Crippen LogP contribution in [-0.2, 0) is 16.0 Å². The fourth-order valence-corrected chi connectivity index (χ4v) is 3.71. The van der Waals surface area contributed by atoms with Gasteiger partial charge in [-0.1, -0.05) is 12.5 Å². The van der Waals surface area contributed by atoms with E-state index in [0.717, 1.165) is 12.8 Å². The van der Waals surface area contributed by atoms with Crippen molar-refractivity contribution >= 4 is 23.2 Å². The second kappa shape index (κ2) is 6.39. The Morgan fingerprint density at radius 3 is 2.75 bits per heavy atom. The van der Waals surface area contributed by atoms with Crippen molar-refractivity contribution in [2.45, 2.75) is 38.6 Å². The number of aliphatic carboxylic acids is 1. The van der Waals surface area contributed by atoms with E-state index in [0.29, 0.717) is 12.8 Å². The summed E-state index contributed by atoms with van der Waals surface area (Å²) in [6.07, 6.45) is 2.98. The van der Waals surface area contributed by atoms with Crippen molar-refractivity contribution in [3.8, 4) is 0 Å². The zero-order valence-electron chi connectivity index (χ0n) is 11.9. The van der Waals surface area contributed by atoms with Crippen LogP contribution >= 0.6 is 11.3 Å². The summed E-state index contributed by atoms with van der Waals surface area (Å²) in [5.74, 6) is -1.69. The van der Waals surface area contributed by atoms with Crippen molar-refractivity contribution in [2.75, 3.05) is 7.05 Å². The van der Waals surface area contributed by atoms with E-state index in [1.165, 1.54) is 4.88 Å². The third kappa shape index (κ3) is 3.20. The minimum atomic E-state index is -0.833. The highest BCUT2D eigenvalue weighted by molar-refractivity contribution is 7.09. The van der Waals surface area contributed by atoms with Gasteiger partial charge in [-0.15, -0.1) is 11.3 Å². The molecule has 1 aliphatic rings. The first kappa shape index (κ1) is 15.0. The molecule has 1 aromatic rings. The summed E-state index contributed by atoms with van der Waals surface area (Å²) in [5, 5.41) is 11.2. The average Bonchev–Trinajstić information content (AvgIpc) is 3.07. The largest absolute Gasteiger partial charge is 0.481 e. The molecule has 0 bridgehead atoms. The SMILES string of the molecule is CC(Cc1cccs1)N(C)C(=O)C1CCCC1C(=O)O. The van der Waals surface area contributed by atoms with E-state index in [1.54, 1.807) is 23.3 Å². The molecule has 1 aromatic heterocycles. The van der Waals surface area contributed by atoms with Gasteiger partial charge in [-0.05, 0) is 31.2 Å². The Morgan fingerprint density at radius 1 is 1.45 bits per heavy atom. The van der Waals surface area contributed by atoms with Gasteiger partial charge in [0.05, 0.1) is 11.8 Å². The van der Waals surface area contributed by atoms with E-state index < -0.39 is 11.9 Å². The molecule has 0 aliphatic heterocycles. The van der Waals surface area contributed by atoms with E-state index in [-0.39, 0.29) is 17.9 Å². The second-order valence-corrected chi connectivity index (χ2v) is 6.60. The van der Waals surface area contributed by atoms with Gasteiger partial charge in [0.2, 0.25) is 5.91 Å². The summed E-state index contributed by atoms with van der Waals surface area (Å²) < 4.78 is 0. The maximum Gasteiger partial charge on any atom is 0.307 e. The number of amides is 1. The van der Waals surface area contributed by atoms with E-state index in [1.807, 2.05) is 18.4 Å². The van der Waals surface area contributed by atoms with Crippen LogP contribution in [0.25, 0.3) is 0 Å². The fraction of sp³-hybridized carbons (Fsp3) is 0.600. The van der Waals surface area contributed by atoms with Crippen LogP contribution < -0.4 is 0 Å². The monoisotopic (exact) mass is 295 g/mol. The minimum Gasteiger partial charge on any atom is -0.481 e. The summed E-state index contributed by atoms with van der Waals surface area (Å²) in [7, 11) is 1.79. The highest BCUT2D eigenvalue weighted by Gasteiger charge is 2.39. The van der Waals surface area contributed by atoms with Crippen LogP contribution in [0.4, 0.5) is 0 Å². The molecule has 0 spiro atoms. The van der Waals surface area contributed by atoms with Crippen molar-refractivity contribution in [1.29, 1.82) is 0 Å². The Kier molecular flexibility index (Phi) is 4.81. The number of hydrogen-bond acceptors (Lipinski definition) is 3. The molecule has 0 saturated heterocycles. The first-order valence-electron chi connectivity index (χ1n) is 7.02. The predicted octanol–water partition coefficient (Wildman–Crippen LogP) is 2.64. The van der Waals surface area contributed by atoms with Crippen LogP contribution in [0.2, 0.25) is 0 Å². The first-order valence-corrected chi connectivity index (χ1v) is 7.90. The molecule has 1 N–H and O–H groups in total. The van der Waals surface area contributed by atoms with E-state index in [2.05, 4.69) is 6.07 Å². The Labute approximate surface area is 123 Å². The third-order valence-electron chi connectivity index (χ3n) is 4.24. The lowest BCUT2D eigenvalue weighted by atomic mass is 9.94. The first-order chi connectivity index (χ1) is 9.50. The topological polar surface area (TPSA) is 57.6 Å². The Balaban J connectivity index is 1.99. The molecule has 3 unspecified atom stereocenters. The van der Waals surface area contributed by atoms with Crippen molar-refractivity contribution in [3.63, 3.8) is 0 Å². The minimum absolute atomic E-state index is 0.0149. The highest BCUT2D eigenvalue weighted by Crippen LogP contribution is 2.33. The van der Waals surface area contributed by atoms with Gasteiger partial charge in [0, 0.05) is 24.4 Å². The molecule has 0 radical (unpaired) electrons. The highest BCUT2D eigenvalue weighted by atomic mass is 32.1. The summed E-state index contributed by atoms with van der Waals surface area (Å²) in [5.41, 5.74) is 0. The maximum absolute atomic E-state index is 12.5. The van der Waals surface area contributed by atoms with Crippen LogP contribution in [-0.4, -0.2) is 35.0 Å². The van der Waals surface area contributed by atoms with Crippen molar-refractivity contribution in [1.82, 2.24) is 4.90 Å². The number of carboxylic acids is 1. The molecule has 1 amide bonds. The number of hydrogen-bond donors (Lipinski definition) is 1. The van der Waals surface area contributed by atoms with Gasteiger partial charge < -0.3 is 10.0 Å². The normalized spacial score (nSPS) is 23.5.